The highest BCUT2D eigenvalue weighted by atomic mass is 32.2. The first-order valence-electron chi connectivity index (χ1n) is 7.89. The van der Waals surface area contributed by atoms with Crippen LogP contribution in [0.1, 0.15) is 43.9 Å². The second-order valence-corrected chi connectivity index (χ2v) is 7.36. The minimum atomic E-state index is 0.597. The van der Waals surface area contributed by atoms with E-state index in [1.165, 1.54) is 34.6 Å². The van der Waals surface area contributed by atoms with Crippen LogP contribution in [-0.2, 0) is 6.42 Å². The van der Waals surface area contributed by atoms with Crippen LogP contribution < -0.4 is 5.32 Å². The Morgan fingerprint density at radius 3 is 2.25 bits per heavy atom. The Morgan fingerprint density at radius 2 is 1.70 bits per heavy atom. The van der Waals surface area contributed by atoms with Crippen molar-refractivity contribution in [3.63, 3.8) is 0 Å². The van der Waals surface area contributed by atoms with E-state index in [0.29, 0.717) is 6.04 Å². The van der Waals surface area contributed by atoms with Crippen molar-refractivity contribution in [3.05, 3.63) is 34.9 Å². The van der Waals surface area contributed by atoms with E-state index in [1.807, 2.05) is 0 Å². The molecule has 1 rings (SSSR count). The molecule has 0 aliphatic carbocycles. The Morgan fingerprint density at radius 1 is 1.05 bits per heavy atom. The summed E-state index contributed by atoms with van der Waals surface area (Å²) in [6.07, 6.45) is 2.35. The average molecular weight is 294 g/mol. The third-order valence-corrected chi connectivity index (χ3v) is 4.76. The lowest BCUT2D eigenvalue weighted by Crippen LogP contribution is -2.34. The molecule has 1 aromatic rings. The van der Waals surface area contributed by atoms with Crippen molar-refractivity contribution in [2.24, 2.45) is 5.92 Å². The Balaban J connectivity index is 2.57. The summed E-state index contributed by atoms with van der Waals surface area (Å²) in [5.41, 5.74) is 4.23. The summed E-state index contributed by atoms with van der Waals surface area (Å²) in [5.74, 6) is 3.26. The van der Waals surface area contributed by atoms with Crippen LogP contribution in [0, 0.1) is 19.8 Å². The molecule has 0 fully saturated rings. The van der Waals surface area contributed by atoms with Crippen LogP contribution in [0.4, 0.5) is 0 Å². The molecule has 114 valence electrons. The van der Waals surface area contributed by atoms with Crippen molar-refractivity contribution in [1.82, 2.24) is 5.32 Å². The Labute approximate surface area is 129 Å². The first kappa shape index (κ1) is 17.6. The molecule has 0 saturated carbocycles. The van der Waals surface area contributed by atoms with Gasteiger partial charge in [0, 0.05) is 11.8 Å². The summed E-state index contributed by atoms with van der Waals surface area (Å²) in [6, 6.07) is 7.52. The lowest BCUT2D eigenvalue weighted by molar-refractivity contribution is 0.549. The zero-order chi connectivity index (χ0) is 15.0. The van der Waals surface area contributed by atoms with Crippen molar-refractivity contribution in [3.8, 4) is 0 Å². The zero-order valence-corrected chi connectivity index (χ0v) is 14.6. The van der Waals surface area contributed by atoms with Gasteiger partial charge in [-0.25, -0.2) is 0 Å². The van der Waals surface area contributed by atoms with E-state index in [2.05, 4.69) is 69.9 Å². The number of benzene rings is 1. The number of nitrogens with one attached hydrogen (secondary N) is 1. The maximum absolute atomic E-state index is 3.71. The number of aryl methyl sites for hydroxylation is 2. The van der Waals surface area contributed by atoms with E-state index < -0.39 is 0 Å². The van der Waals surface area contributed by atoms with Gasteiger partial charge in [-0.1, -0.05) is 50.1 Å². The van der Waals surface area contributed by atoms with Gasteiger partial charge < -0.3 is 5.32 Å². The third kappa shape index (κ3) is 7.35. The fraction of sp³-hybridized carbons (Fsp3) is 0.667. The molecule has 0 aromatic heterocycles. The van der Waals surface area contributed by atoms with Crippen molar-refractivity contribution < 1.29 is 0 Å². The van der Waals surface area contributed by atoms with Gasteiger partial charge in [-0.3, -0.25) is 0 Å². The third-order valence-electron chi connectivity index (χ3n) is 3.22. The molecule has 0 aliphatic heterocycles. The lowest BCUT2D eigenvalue weighted by atomic mass is 10.0. The number of hydrogen-bond donors (Lipinski definition) is 1. The standard InChI is InChI=1S/C18H31NS/c1-6-7-19-18(13-20-12-14(2)3)11-17-9-15(4)8-16(5)10-17/h8-10,14,18-19H,6-7,11-13H2,1-5H3. The summed E-state index contributed by atoms with van der Waals surface area (Å²) < 4.78 is 0. The predicted octanol–water partition coefficient (Wildman–Crippen LogP) is 4.60. The van der Waals surface area contributed by atoms with E-state index in [0.717, 1.165) is 18.9 Å². The molecule has 1 nitrogen and oxygen atoms in total. The van der Waals surface area contributed by atoms with Gasteiger partial charge in [-0.15, -0.1) is 0 Å². The molecule has 0 amide bonds. The second-order valence-electron chi connectivity index (χ2n) is 6.28. The quantitative estimate of drug-likeness (QED) is 0.714. The smallest absolute Gasteiger partial charge is 0.0198 e. The van der Waals surface area contributed by atoms with E-state index in [4.69, 9.17) is 0 Å². The van der Waals surface area contributed by atoms with Gasteiger partial charge in [0.2, 0.25) is 0 Å². The largest absolute Gasteiger partial charge is 0.313 e. The van der Waals surface area contributed by atoms with E-state index >= 15 is 0 Å². The number of thioether (sulfide) groups is 1. The predicted molar refractivity (Wildman–Crippen MR) is 93.9 cm³/mol. The van der Waals surface area contributed by atoms with Crippen LogP contribution in [-0.4, -0.2) is 24.1 Å². The van der Waals surface area contributed by atoms with Crippen molar-refractivity contribution >= 4 is 11.8 Å². The molecule has 0 bridgehead atoms. The molecule has 1 N–H and O–H groups in total. The van der Waals surface area contributed by atoms with Gasteiger partial charge >= 0.3 is 0 Å². The van der Waals surface area contributed by atoms with Gasteiger partial charge in [0.15, 0.2) is 0 Å². The first-order valence-corrected chi connectivity index (χ1v) is 9.05. The molecule has 1 aromatic carbocycles. The van der Waals surface area contributed by atoms with Crippen LogP contribution in [0.25, 0.3) is 0 Å². The fourth-order valence-corrected chi connectivity index (χ4v) is 3.58. The summed E-state index contributed by atoms with van der Waals surface area (Å²) >= 11 is 2.09. The maximum Gasteiger partial charge on any atom is 0.0198 e. The van der Waals surface area contributed by atoms with Gasteiger partial charge in [0.1, 0.15) is 0 Å². The molecule has 0 heterocycles. The van der Waals surface area contributed by atoms with Crippen LogP contribution in [0.2, 0.25) is 0 Å². The lowest BCUT2D eigenvalue weighted by Gasteiger charge is -2.19. The summed E-state index contributed by atoms with van der Waals surface area (Å²) in [6.45, 7) is 12.3. The van der Waals surface area contributed by atoms with Crippen LogP contribution >= 0.6 is 11.8 Å². The summed E-state index contributed by atoms with van der Waals surface area (Å²) in [5, 5.41) is 3.71. The molecule has 0 aliphatic rings. The SMILES string of the molecule is CCCNC(CSCC(C)C)Cc1cc(C)cc(C)c1. The van der Waals surface area contributed by atoms with Crippen molar-refractivity contribution in [2.45, 2.75) is 53.5 Å². The summed E-state index contributed by atoms with van der Waals surface area (Å²) in [7, 11) is 0. The zero-order valence-electron chi connectivity index (χ0n) is 13.8. The van der Waals surface area contributed by atoms with Crippen LogP contribution in [0.5, 0.6) is 0 Å². The Hall–Kier alpha value is -0.470. The normalized spacial score (nSPS) is 12.9. The van der Waals surface area contributed by atoms with Crippen molar-refractivity contribution in [2.75, 3.05) is 18.1 Å². The van der Waals surface area contributed by atoms with E-state index in [1.54, 1.807) is 0 Å². The molecule has 0 saturated heterocycles. The fourth-order valence-electron chi connectivity index (χ4n) is 2.46. The highest BCUT2D eigenvalue weighted by molar-refractivity contribution is 7.99. The second kappa shape index (κ2) is 9.46. The molecule has 1 unspecified atom stereocenters. The van der Waals surface area contributed by atoms with E-state index in [9.17, 15) is 0 Å². The topological polar surface area (TPSA) is 12.0 Å². The van der Waals surface area contributed by atoms with Gasteiger partial charge in [-0.2, -0.15) is 11.8 Å². The molecule has 20 heavy (non-hydrogen) atoms. The van der Waals surface area contributed by atoms with E-state index in [-0.39, 0.29) is 0 Å². The number of rotatable bonds is 9. The van der Waals surface area contributed by atoms with Gasteiger partial charge in [0.25, 0.3) is 0 Å². The molecule has 0 radical (unpaired) electrons. The minimum absolute atomic E-state index is 0.597. The van der Waals surface area contributed by atoms with Gasteiger partial charge in [0.05, 0.1) is 0 Å². The molecular weight excluding hydrogens is 262 g/mol. The van der Waals surface area contributed by atoms with Crippen LogP contribution in [0.3, 0.4) is 0 Å². The molecule has 0 spiro atoms. The Kier molecular flexibility index (Phi) is 8.32. The average Bonchev–Trinajstić information content (AvgIpc) is 2.34. The highest BCUT2D eigenvalue weighted by Crippen LogP contribution is 2.15. The molecule has 2 heteroatoms. The van der Waals surface area contributed by atoms with Crippen LogP contribution in [0.15, 0.2) is 18.2 Å². The number of hydrogen-bond acceptors (Lipinski definition) is 2. The molecular formula is C18H31NS. The van der Waals surface area contributed by atoms with Gasteiger partial charge in [-0.05, 0) is 50.5 Å². The summed E-state index contributed by atoms with van der Waals surface area (Å²) in [4.78, 5) is 0. The Bertz CT molecular complexity index is 367. The molecule has 1 atom stereocenters. The minimum Gasteiger partial charge on any atom is -0.313 e. The van der Waals surface area contributed by atoms with Crippen molar-refractivity contribution in [1.29, 1.82) is 0 Å². The monoisotopic (exact) mass is 293 g/mol. The maximum atomic E-state index is 3.71. The first-order chi connectivity index (χ1) is 9.51. The highest BCUT2D eigenvalue weighted by Gasteiger charge is 2.10.